The van der Waals surface area contributed by atoms with Crippen LogP contribution in [0.5, 0.6) is 5.75 Å². The lowest BCUT2D eigenvalue weighted by Crippen LogP contribution is -2.37. The van der Waals surface area contributed by atoms with Crippen molar-refractivity contribution >= 4 is 29.9 Å². The van der Waals surface area contributed by atoms with Gasteiger partial charge in [0.25, 0.3) is 0 Å². The quantitative estimate of drug-likeness (QED) is 0.301. The molecular formula is C20H25IN6O. The normalized spacial score (nSPS) is 10.9. The molecule has 7 nitrogen and oxygen atoms in total. The summed E-state index contributed by atoms with van der Waals surface area (Å²) in [5.74, 6) is 2.37. The molecule has 0 bridgehead atoms. The fraction of sp³-hybridized carbons (Fsp3) is 0.250. The molecule has 0 aliphatic carbocycles. The number of hydrogen-bond donors (Lipinski definition) is 2. The van der Waals surface area contributed by atoms with Gasteiger partial charge in [-0.05, 0) is 25.1 Å². The zero-order valence-electron chi connectivity index (χ0n) is 16.0. The largest absolute Gasteiger partial charge is 0.494 e. The van der Waals surface area contributed by atoms with E-state index in [1.54, 1.807) is 13.4 Å². The molecule has 2 aromatic carbocycles. The standard InChI is InChI=1S/C20H24N6O.HI/c1-3-27-18-12-8-7-9-16(18)13-22-20(21-2)23-14-19-25-24-15-26(19)17-10-5-4-6-11-17;/h4-12,15H,3,13-14H2,1-2H3,(H2,21,22,23);1H. The minimum Gasteiger partial charge on any atom is -0.494 e. The molecule has 3 rings (SSSR count). The van der Waals surface area contributed by atoms with E-state index < -0.39 is 0 Å². The van der Waals surface area contributed by atoms with Crippen LogP contribution >= 0.6 is 24.0 Å². The van der Waals surface area contributed by atoms with Crippen molar-refractivity contribution in [2.24, 2.45) is 4.99 Å². The van der Waals surface area contributed by atoms with Crippen LogP contribution in [0, 0.1) is 0 Å². The molecule has 0 spiro atoms. The lowest BCUT2D eigenvalue weighted by atomic mass is 10.2. The van der Waals surface area contributed by atoms with Crippen molar-refractivity contribution in [2.45, 2.75) is 20.0 Å². The van der Waals surface area contributed by atoms with Gasteiger partial charge < -0.3 is 15.4 Å². The molecule has 0 aliphatic heterocycles. The van der Waals surface area contributed by atoms with Gasteiger partial charge in [0.05, 0.1) is 13.2 Å². The van der Waals surface area contributed by atoms with Gasteiger partial charge >= 0.3 is 0 Å². The van der Waals surface area contributed by atoms with E-state index in [2.05, 4.69) is 25.8 Å². The summed E-state index contributed by atoms with van der Waals surface area (Å²) in [6, 6.07) is 18.0. The minimum absolute atomic E-state index is 0. The zero-order chi connectivity index (χ0) is 18.9. The maximum absolute atomic E-state index is 5.66. The number of halogens is 1. The lowest BCUT2D eigenvalue weighted by molar-refractivity contribution is 0.336. The highest BCUT2D eigenvalue weighted by Gasteiger charge is 2.08. The number of guanidine groups is 1. The summed E-state index contributed by atoms with van der Waals surface area (Å²) in [5.41, 5.74) is 2.10. The summed E-state index contributed by atoms with van der Waals surface area (Å²) < 4.78 is 7.61. The van der Waals surface area contributed by atoms with Gasteiger partial charge in [0.15, 0.2) is 11.8 Å². The molecule has 0 saturated carbocycles. The van der Waals surface area contributed by atoms with Crippen LogP contribution in [-0.2, 0) is 13.1 Å². The number of ether oxygens (including phenoxy) is 1. The van der Waals surface area contributed by atoms with E-state index in [0.29, 0.717) is 25.7 Å². The van der Waals surface area contributed by atoms with Gasteiger partial charge in [0, 0.05) is 24.8 Å². The number of nitrogens with one attached hydrogen (secondary N) is 2. The van der Waals surface area contributed by atoms with Crippen LogP contribution in [0.2, 0.25) is 0 Å². The van der Waals surface area contributed by atoms with E-state index in [1.165, 1.54) is 0 Å². The maximum atomic E-state index is 5.66. The van der Waals surface area contributed by atoms with Crippen molar-refractivity contribution in [1.82, 2.24) is 25.4 Å². The number of nitrogens with zero attached hydrogens (tertiary/aromatic N) is 4. The maximum Gasteiger partial charge on any atom is 0.191 e. The molecule has 0 unspecified atom stereocenters. The molecule has 0 atom stereocenters. The van der Waals surface area contributed by atoms with Crippen molar-refractivity contribution in [2.75, 3.05) is 13.7 Å². The summed E-state index contributed by atoms with van der Waals surface area (Å²) in [4.78, 5) is 4.28. The van der Waals surface area contributed by atoms with E-state index >= 15 is 0 Å². The number of benzene rings is 2. The van der Waals surface area contributed by atoms with E-state index in [-0.39, 0.29) is 24.0 Å². The predicted molar refractivity (Wildman–Crippen MR) is 121 cm³/mol. The van der Waals surface area contributed by atoms with Crippen LogP contribution in [-0.4, -0.2) is 34.4 Å². The van der Waals surface area contributed by atoms with Crippen molar-refractivity contribution in [3.8, 4) is 11.4 Å². The second-order valence-corrected chi connectivity index (χ2v) is 5.77. The Morgan fingerprint density at radius 2 is 1.75 bits per heavy atom. The topological polar surface area (TPSA) is 76.4 Å². The molecule has 0 amide bonds. The number of aromatic nitrogens is 3. The molecule has 1 heterocycles. The Morgan fingerprint density at radius 1 is 1.04 bits per heavy atom. The van der Waals surface area contributed by atoms with Gasteiger partial charge in [0.1, 0.15) is 12.1 Å². The minimum atomic E-state index is 0. The molecule has 0 radical (unpaired) electrons. The highest BCUT2D eigenvalue weighted by atomic mass is 127. The van der Waals surface area contributed by atoms with Crippen LogP contribution in [0.25, 0.3) is 5.69 Å². The van der Waals surface area contributed by atoms with Gasteiger partial charge in [-0.2, -0.15) is 0 Å². The highest BCUT2D eigenvalue weighted by molar-refractivity contribution is 14.0. The lowest BCUT2D eigenvalue weighted by Gasteiger charge is -2.14. The Kier molecular flexibility index (Phi) is 8.73. The number of aliphatic imine (C=N–C) groups is 1. The summed E-state index contributed by atoms with van der Waals surface area (Å²) in [5, 5.41) is 14.8. The van der Waals surface area contributed by atoms with Crippen LogP contribution in [0.4, 0.5) is 0 Å². The number of rotatable bonds is 7. The fourth-order valence-electron chi connectivity index (χ4n) is 2.69. The average Bonchev–Trinajstić information content (AvgIpc) is 3.19. The smallest absolute Gasteiger partial charge is 0.191 e. The SMILES string of the molecule is CCOc1ccccc1CNC(=NC)NCc1nncn1-c1ccccc1.I. The monoisotopic (exact) mass is 492 g/mol. The molecule has 2 N–H and O–H groups in total. The first-order valence-electron chi connectivity index (χ1n) is 8.91. The molecule has 8 heteroatoms. The van der Waals surface area contributed by atoms with Gasteiger partial charge in [0.2, 0.25) is 0 Å². The van der Waals surface area contributed by atoms with E-state index in [4.69, 9.17) is 4.74 Å². The summed E-state index contributed by atoms with van der Waals surface area (Å²) in [6.45, 7) is 3.73. The third-order valence-corrected chi connectivity index (χ3v) is 4.01. The summed E-state index contributed by atoms with van der Waals surface area (Å²) >= 11 is 0. The average molecular weight is 492 g/mol. The molecule has 3 aromatic rings. The van der Waals surface area contributed by atoms with Crippen molar-refractivity contribution in [1.29, 1.82) is 0 Å². The van der Waals surface area contributed by atoms with Crippen LogP contribution < -0.4 is 15.4 Å². The van der Waals surface area contributed by atoms with E-state index in [9.17, 15) is 0 Å². The van der Waals surface area contributed by atoms with Crippen LogP contribution in [0.15, 0.2) is 65.9 Å². The van der Waals surface area contributed by atoms with Crippen molar-refractivity contribution in [3.63, 3.8) is 0 Å². The first-order chi connectivity index (χ1) is 13.3. The first kappa shape index (κ1) is 21.7. The van der Waals surface area contributed by atoms with E-state index in [1.807, 2.05) is 66.1 Å². The predicted octanol–water partition coefficient (Wildman–Crippen LogP) is 3.15. The molecule has 148 valence electrons. The third kappa shape index (κ3) is 5.69. The second kappa shape index (κ2) is 11.3. The van der Waals surface area contributed by atoms with Gasteiger partial charge in [-0.3, -0.25) is 9.56 Å². The molecule has 0 aliphatic rings. The van der Waals surface area contributed by atoms with Gasteiger partial charge in [-0.15, -0.1) is 34.2 Å². The molecule has 0 fully saturated rings. The Morgan fingerprint density at radius 3 is 2.50 bits per heavy atom. The Balaban J connectivity index is 0.00000280. The number of hydrogen-bond acceptors (Lipinski definition) is 4. The third-order valence-electron chi connectivity index (χ3n) is 4.01. The van der Waals surface area contributed by atoms with Crippen LogP contribution in [0.3, 0.4) is 0 Å². The van der Waals surface area contributed by atoms with Gasteiger partial charge in [-0.1, -0.05) is 36.4 Å². The van der Waals surface area contributed by atoms with Crippen LogP contribution in [0.1, 0.15) is 18.3 Å². The van der Waals surface area contributed by atoms with Crippen molar-refractivity contribution in [3.05, 3.63) is 72.3 Å². The summed E-state index contributed by atoms with van der Waals surface area (Å²) in [7, 11) is 1.74. The fourth-order valence-corrected chi connectivity index (χ4v) is 2.69. The highest BCUT2D eigenvalue weighted by Crippen LogP contribution is 2.17. The second-order valence-electron chi connectivity index (χ2n) is 5.77. The van der Waals surface area contributed by atoms with E-state index in [0.717, 1.165) is 22.8 Å². The molecular weight excluding hydrogens is 467 g/mol. The first-order valence-corrected chi connectivity index (χ1v) is 8.91. The molecule has 1 aromatic heterocycles. The molecule has 28 heavy (non-hydrogen) atoms. The summed E-state index contributed by atoms with van der Waals surface area (Å²) in [6.07, 6.45) is 1.71. The molecule has 0 saturated heterocycles. The Labute approximate surface area is 182 Å². The Bertz CT molecular complexity index is 881. The van der Waals surface area contributed by atoms with Gasteiger partial charge in [-0.25, -0.2) is 0 Å². The van der Waals surface area contributed by atoms with Crippen molar-refractivity contribution < 1.29 is 4.74 Å². The number of para-hydroxylation sites is 2. The Hall–Kier alpha value is -2.62. The zero-order valence-corrected chi connectivity index (χ0v) is 18.3.